The lowest BCUT2D eigenvalue weighted by molar-refractivity contribution is -0.132. The van der Waals surface area contributed by atoms with Gasteiger partial charge in [0.2, 0.25) is 11.8 Å². The predicted molar refractivity (Wildman–Crippen MR) is 90.9 cm³/mol. The largest absolute Gasteiger partial charge is 0.497 e. The SMILES string of the molecule is C=CC(=O)N1CCC(C(=O)NCc2ccc(OC)cc2OC)CC1. The van der Waals surface area contributed by atoms with Gasteiger partial charge in [0.15, 0.2) is 0 Å². The second kappa shape index (κ2) is 8.38. The third kappa shape index (κ3) is 4.28. The highest BCUT2D eigenvalue weighted by atomic mass is 16.5. The molecule has 1 saturated heterocycles. The Kier molecular flexibility index (Phi) is 6.23. The topological polar surface area (TPSA) is 67.9 Å². The minimum atomic E-state index is -0.0724. The Labute approximate surface area is 142 Å². The van der Waals surface area contributed by atoms with Gasteiger partial charge in [-0.25, -0.2) is 0 Å². The van der Waals surface area contributed by atoms with Crippen LogP contribution >= 0.6 is 0 Å². The highest BCUT2D eigenvalue weighted by molar-refractivity contribution is 5.87. The maximum atomic E-state index is 12.3. The van der Waals surface area contributed by atoms with Crippen LogP contribution in [0.3, 0.4) is 0 Å². The highest BCUT2D eigenvalue weighted by Gasteiger charge is 2.26. The van der Waals surface area contributed by atoms with E-state index in [9.17, 15) is 9.59 Å². The number of carbonyl (C=O) groups is 2. The molecule has 0 spiro atoms. The summed E-state index contributed by atoms with van der Waals surface area (Å²) in [5.74, 6) is 1.26. The number of amides is 2. The van der Waals surface area contributed by atoms with Gasteiger partial charge in [0.25, 0.3) is 0 Å². The maximum Gasteiger partial charge on any atom is 0.245 e. The fraction of sp³-hybridized carbons (Fsp3) is 0.444. The number of nitrogens with one attached hydrogen (secondary N) is 1. The molecule has 6 nitrogen and oxygen atoms in total. The van der Waals surface area contributed by atoms with Crippen LogP contribution in [-0.4, -0.2) is 44.0 Å². The van der Waals surface area contributed by atoms with Gasteiger partial charge < -0.3 is 19.7 Å². The summed E-state index contributed by atoms with van der Waals surface area (Å²) in [7, 11) is 3.19. The van der Waals surface area contributed by atoms with Gasteiger partial charge in [-0.3, -0.25) is 9.59 Å². The molecule has 0 saturated carbocycles. The Morgan fingerprint density at radius 2 is 2.00 bits per heavy atom. The molecule has 1 aromatic carbocycles. The normalized spacial score (nSPS) is 14.8. The molecule has 1 heterocycles. The molecule has 2 amide bonds. The van der Waals surface area contributed by atoms with Crippen molar-refractivity contribution in [3.63, 3.8) is 0 Å². The third-order valence-corrected chi connectivity index (χ3v) is 4.30. The van der Waals surface area contributed by atoms with E-state index in [-0.39, 0.29) is 17.7 Å². The molecule has 24 heavy (non-hydrogen) atoms. The number of likely N-dealkylation sites (tertiary alicyclic amines) is 1. The average Bonchev–Trinajstić information content (AvgIpc) is 2.65. The molecule has 0 atom stereocenters. The molecular formula is C18H24N2O4. The standard InChI is InChI=1S/C18H24N2O4/c1-4-17(21)20-9-7-13(8-10-20)18(22)19-12-14-5-6-15(23-2)11-16(14)24-3/h4-6,11,13H,1,7-10,12H2,2-3H3,(H,19,22). The van der Waals surface area contributed by atoms with Crippen LogP contribution in [0, 0.1) is 5.92 Å². The van der Waals surface area contributed by atoms with Crippen molar-refractivity contribution in [3.8, 4) is 11.5 Å². The quantitative estimate of drug-likeness (QED) is 0.806. The van der Waals surface area contributed by atoms with E-state index in [4.69, 9.17) is 9.47 Å². The molecule has 1 N–H and O–H groups in total. The summed E-state index contributed by atoms with van der Waals surface area (Å²) in [6, 6.07) is 5.51. The Balaban J connectivity index is 1.88. The van der Waals surface area contributed by atoms with Crippen LogP contribution in [-0.2, 0) is 16.1 Å². The smallest absolute Gasteiger partial charge is 0.245 e. The van der Waals surface area contributed by atoms with Gasteiger partial charge in [0.1, 0.15) is 11.5 Å². The number of piperidine rings is 1. The average molecular weight is 332 g/mol. The van der Waals surface area contributed by atoms with Gasteiger partial charge in [0.05, 0.1) is 14.2 Å². The van der Waals surface area contributed by atoms with Gasteiger partial charge in [-0.1, -0.05) is 6.58 Å². The predicted octanol–water partition coefficient (Wildman–Crippen LogP) is 1.74. The Bertz CT molecular complexity index is 607. The minimum absolute atomic E-state index is 0.0126. The summed E-state index contributed by atoms with van der Waals surface area (Å²) >= 11 is 0. The number of hydrogen-bond acceptors (Lipinski definition) is 4. The fourth-order valence-corrected chi connectivity index (χ4v) is 2.82. The summed E-state index contributed by atoms with van der Waals surface area (Å²) in [6.07, 6.45) is 2.66. The van der Waals surface area contributed by atoms with Crippen LogP contribution in [0.25, 0.3) is 0 Å². The van der Waals surface area contributed by atoms with Gasteiger partial charge >= 0.3 is 0 Å². The molecule has 0 radical (unpaired) electrons. The first kappa shape index (κ1) is 17.8. The summed E-state index contributed by atoms with van der Waals surface area (Å²) in [4.78, 5) is 25.6. The second-order valence-corrected chi connectivity index (χ2v) is 5.70. The van der Waals surface area contributed by atoms with Crippen LogP contribution in [0.1, 0.15) is 18.4 Å². The monoisotopic (exact) mass is 332 g/mol. The zero-order valence-electron chi connectivity index (χ0n) is 14.2. The summed E-state index contributed by atoms with van der Waals surface area (Å²) < 4.78 is 10.5. The number of carbonyl (C=O) groups excluding carboxylic acids is 2. The number of nitrogens with zero attached hydrogens (tertiary/aromatic N) is 1. The number of benzene rings is 1. The first-order valence-corrected chi connectivity index (χ1v) is 7.99. The van der Waals surface area contributed by atoms with Crippen molar-refractivity contribution in [3.05, 3.63) is 36.4 Å². The van der Waals surface area contributed by atoms with E-state index >= 15 is 0 Å². The molecule has 1 aliphatic heterocycles. The molecule has 0 aromatic heterocycles. The van der Waals surface area contributed by atoms with E-state index < -0.39 is 0 Å². The third-order valence-electron chi connectivity index (χ3n) is 4.30. The van der Waals surface area contributed by atoms with Gasteiger partial charge in [-0.2, -0.15) is 0 Å². The van der Waals surface area contributed by atoms with Crippen molar-refractivity contribution in [2.75, 3.05) is 27.3 Å². The molecule has 0 bridgehead atoms. The Morgan fingerprint density at radius 3 is 2.58 bits per heavy atom. The van der Waals surface area contributed by atoms with Crippen molar-refractivity contribution >= 4 is 11.8 Å². The van der Waals surface area contributed by atoms with E-state index in [2.05, 4.69) is 11.9 Å². The lowest BCUT2D eigenvalue weighted by Crippen LogP contribution is -2.42. The molecule has 2 rings (SSSR count). The summed E-state index contributed by atoms with van der Waals surface area (Å²) in [6.45, 7) is 5.08. The van der Waals surface area contributed by atoms with Crippen LogP contribution in [0.2, 0.25) is 0 Å². The van der Waals surface area contributed by atoms with Crippen molar-refractivity contribution in [2.45, 2.75) is 19.4 Å². The minimum Gasteiger partial charge on any atom is -0.497 e. The first-order valence-electron chi connectivity index (χ1n) is 7.99. The zero-order chi connectivity index (χ0) is 17.5. The number of methoxy groups -OCH3 is 2. The van der Waals surface area contributed by atoms with Crippen LogP contribution < -0.4 is 14.8 Å². The molecule has 0 aliphatic carbocycles. The van der Waals surface area contributed by atoms with Gasteiger partial charge in [-0.15, -0.1) is 0 Å². The van der Waals surface area contributed by atoms with Gasteiger partial charge in [-0.05, 0) is 31.1 Å². The Morgan fingerprint density at radius 1 is 1.29 bits per heavy atom. The van der Waals surface area contributed by atoms with E-state index in [1.807, 2.05) is 12.1 Å². The highest BCUT2D eigenvalue weighted by Crippen LogP contribution is 2.25. The number of ether oxygens (including phenoxy) is 2. The second-order valence-electron chi connectivity index (χ2n) is 5.70. The van der Waals surface area contributed by atoms with Crippen molar-refractivity contribution in [1.82, 2.24) is 10.2 Å². The lowest BCUT2D eigenvalue weighted by Gasteiger charge is -2.30. The Hall–Kier alpha value is -2.50. The molecule has 1 fully saturated rings. The maximum absolute atomic E-state index is 12.3. The fourth-order valence-electron chi connectivity index (χ4n) is 2.82. The van der Waals surface area contributed by atoms with Crippen LogP contribution in [0.4, 0.5) is 0 Å². The van der Waals surface area contributed by atoms with Crippen molar-refractivity contribution < 1.29 is 19.1 Å². The molecule has 130 valence electrons. The molecule has 1 aromatic rings. The first-order chi connectivity index (χ1) is 11.6. The van der Waals surface area contributed by atoms with E-state index in [0.29, 0.717) is 44.0 Å². The lowest BCUT2D eigenvalue weighted by atomic mass is 9.95. The van der Waals surface area contributed by atoms with Crippen molar-refractivity contribution in [1.29, 1.82) is 0 Å². The molecule has 6 heteroatoms. The van der Waals surface area contributed by atoms with Crippen LogP contribution in [0.5, 0.6) is 11.5 Å². The van der Waals surface area contributed by atoms with Gasteiger partial charge in [0, 0.05) is 37.2 Å². The molecular weight excluding hydrogens is 308 g/mol. The van der Waals surface area contributed by atoms with E-state index in [1.165, 1.54) is 6.08 Å². The van der Waals surface area contributed by atoms with Crippen LogP contribution in [0.15, 0.2) is 30.9 Å². The van der Waals surface area contributed by atoms with E-state index in [1.54, 1.807) is 25.2 Å². The zero-order valence-corrected chi connectivity index (χ0v) is 14.2. The number of rotatable bonds is 6. The van der Waals surface area contributed by atoms with E-state index in [0.717, 1.165) is 5.56 Å². The van der Waals surface area contributed by atoms with Crippen molar-refractivity contribution in [2.24, 2.45) is 5.92 Å². The summed E-state index contributed by atoms with van der Waals surface area (Å²) in [5.41, 5.74) is 0.894. The number of hydrogen-bond donors (Lipinski definition) is 1. The molecule has 1 aliphatic rings. The molecule has 0 unspecified atom stereocenters. The summed E-state index contributed by atoms with van der Waals surface area (Å²) in [5, 5.41) is 2.96.